The van der Waals surface area contributed by atoms with Gasteiger partial charge in [-0.1, -0.05) is 12.1 Å². The second-order valence-corrected chi connectivity index (χ2v) is 3.75. The number of hydrogen-bond acceptors (Lipinski definition) is 2. The lowest BCUT2D eigenvalue weighted by atomic mass is 9.99. The number of carbonyl (C=O) groups excluding carboxylic acids is 1. The van der Waals surface area contributed by atoms with Gasteiger partial charge in [0.25, 0.3) is 0 Å². The minimum absolute atomic E-state index is 0.337. The standard InChI is InChI=1S/C12H12FNO2/c13-11-2-1-10(7-12(11)16)9-3-5-14(8-15)6-4-9/h1-3,7-8,16H,4-6H2. The lowest BCUT2D eigenvalue weighted by Crippen LogP contribution is -2.26. The van der Waals surface area contributed by atoms with Gasteiger partial charge in [0.2, 0.25) is 6.41 Å². The maximum absolute atomic E-state index is 12.9. The normalized spacial score (nSPS) is 15.8. The Balaban J connectivity index is 2.22. The molecule has 1 aliphatic rings. The molecular formula is C12H12FNO2. The lowest BCUT2D eigenvalue weighted by molar-refractivity contribution is -0.117. The highest BCUT2D eigenvalue weighted by atomic mass is 19.1. The van der Waals surface area contributed by atoms with E-state index >= 15 is 0 Å². The van der Waals surface area contributed by atoms with Crippen LogP contribution in [0.4, 0.5) is 4.39 Å². The van der Waals surface area contributed by atoms with Crippen LogP contribution >= 0.6 is 0 Å². The molecule has 0 unspecified atom stereocenters. The van der Waals surface area contributed by atoms with Gasteiger partial charge in [0.05, 0.1) is 0 Å². The van der Waals surface area contributed by atoms with Crippen molar-refractivity contribution in [1.29, 1.82) is 0 Å². The average Bonchev–Trinajstić information content (AvgIpc) is 2.33. The third-order valence-electron chi connectivity index (χ3n) is 2.71. The first-order valence-corrected chi connectivity index (χ1v) is 5.08. The molecule has 0 spiro atoms. The molecule has 0 aliphatic carbocycles. The third-order valence-corrected chi connectivity index (χ3v) is 2.71. The van der Waals surface area contributed by atoms with E-state index in [1.807, 2.05) is 6.08 Å². The maximum atomic E-state index is 12.9. The molecule has 0 saturated carbocycles. The third kappa shape index (κ3) is 2.05. The highest BCUT2D eigenvalue weighted by Crippen LogP contribution is 2.26. The lowest BCUT2D eigenvalue weighted by Gasteiger charge is -2.22. The zero-order valence-corrected chi connectivity index (χ0v) is 8.69. The summed E-state index contributed by atoms with van der Waals surface area (Å²) in [4.78, 5) is 12.2. The molecule has 1 amide bonds. The van der Waals surface area contributed by atoms with Gasteiger partial charge in [-0.2, -0.15) is 0 Å². The Hall–Kier alpha value is -1.84. The van der Waals surface area contributed by atoms with Crippen LogP contribution in [0.2, 0.25) is 0 Å². The fourth-order valence-corrected chi connectivity index (χ4v) is 1.76. The first-order chi connectivity index (χ1) is 7.70. The zero-order valence-electron chi connectivity index (χ0n) is 8.69. The molecule has 4 heteroatoms. The summed E-state index contributed by atoms with van der Waals surface area (Å²) in [6.07, 6.45) is 3.46. The summed E-state index contributed by atoms with van der Waals surface area (Å²) in [6, 6.07) is 4.30. The zero-order chi connectivity index (χ0) is 11.5. The number of rotatable bonds is 2. The molecule has 2 rings (SSSR count). The van der Waals surface area contributed by atoms with Gasteiger partial charge in [-0.05, 0) is 29.7 Å². The van der Waals surface area contributed by atoms with Gasteiger partial charge in [-0.15, -0.1) is 0 Å². The van der Waals surface area contributed by atoms with E-state index in [1.165, 1.54) is 12.1 Å². The Morgan fingerprint density at radius 2 is 2.25 bits per heavy atom. The highest BCUT2D eigenvalue weighted by molar-refractivity contribution is 5.68. The Morgan fingerprint density at radius 3 is 2.81 bits per heavy atom. The predicted octanol–water partition coefficient (Wildman–Crippen LogP) is 1.78. The van der Waals surface area contributed by atoms with Gasteiger partial charge in [0.1, 0.15) is 0 Å². The molecule has 3 nitrogen and oxygen atoms in total. The van der Waals surface area contributed by atoms with Gasteiger partial charge in [0.15, 0.2) is 11.6 Å². The van der Waals surface area contributed by atoms with Crippen molar-refractivity contribution in [2.75, 3.05) is 13.1 Å². The van der Waals surface area contributed by atoms with Crippen LogP contribution in [0, 0.1) is 5.82 Å². The van der Waals surface area contributed by atoms with Gasteiger partial charge >= 0.3 is 0 Å². The van der Waals surface area contributed by atoms with Crippen LogP contribution in [-0.2, 0) is 4.79 Å². The van der Waals surface area contributed by atoms with Gasteiger partial charge < -0.3 is 10.0 Å². The molecule has 84 valence electrons. The number of amides is 1. The second-order valence-electron chi connectivity index (χ2n) is 3.75. The Morgan fingerprint density at radius 1 is 1.44 bits per heavy atom. The van der Waals surface area contributed by atoms with E-state index in [0.29, 0.717) is 13.1 Å². The van der Waals surface area contributed by atoms with Crippen LogP contribution in [0.25, 0.3) is 5.57 Å². The average molecular weight is 221 g/mol. The van der Waals surface area contributed by atoms with Crippen LogP contribution < -0.4 is 0 Å². The minimum atomic E-state index is -0.616. The topological polar surface area (TPSA) is 40.5 Å². The number of carbonyl (C=O) groups is 1. The van der Waals surface area contributed by atoms with E-state index in [4.69, 9.17) is 0 Å². The molecule has 1 heterocycles. The monoisotopic (exact) mass is 221 g/mol. The molecule has 1 aromatic rings. The van der Waals surface area contributed by atoms with Crippen LogP contribution in [-0.4, -0.2) is 29.5 Å². The Kier molecular flexibility index (Phi) is 2.90. The van der Waals surface area contributed by atoms with E-state index in [0.717, 1.165) is 24.0 Å². The molecular weight excluding hydrogens is 209 g/mol. The smallest absolute Gasteiger partial charge is 0.209 e. The molecule has 0 saturated heterocycles. The van der Waals surface area contributed by atoms with E-state index in [1.54, 1.807) is 11.0 Å². The van der Waals surface area contributed by atoms with Crippen molar-refractivity contribution >= 4 is 12.0 Å². The van der Waals surface area contributed by atoms with Crippen LogP contribution in [0.5, 0.6) is 5.75 Å². The van der Waals surface area contributed by atoms with Crippen molar-refractivity contribution in [1.82, 2.24) is 4.90 Å². The molecule has 0 aromatic heterocycles. The summed E-state index contributed by atoms with van der Waals surface area (Å²) in [5.74, 6) is -0.953. The SMILES string of the molecule is O=CN1CC=C(c2ccc(F)c(O)c2)CC1. The molecule has 0 radical (unpaired) electrons. The molecule has 0 bridgehead atoms. The van der Waals surface area contributed by atoms with Crippen molar-refractivity contribution in [3.63, 3.8) is 0 Å². The van der Waals surface area contributed by atoms with E-state index in [9.17, 15) is 14.3 Å². The molecule has 16 heavy (non-hydrogen) atoms. The van der Waals surface area contributed by atoms with Crippen molar-refractivity contribution < 1.29 is 14.3 Å². The fraction of sp³-hybridized carbons (Fsp3) is 0.250. The van der Waals surface area contributed by atoms with E-state index in [-0.39, 0.29) is 5.75 Å². The molecule has 1 aromatic carbocycles. The van der Waals surface area contributed by atoms with Crippen molar-refractivity contribution in [3.8, 4) is 5.75 Å². The first kappa shape index (κ1) is 10.7. The maximum Gasteiger partial charge on any atom is 0.209 e. The molecule has 0 fully saturated rings. The summed E-state index contributed by atoms with van der Waals surface area (Å²) >= 11 is 0. The summed E-state index contributed by atoms with van der Waals surface area (Å²) < 4.78 is 12.9. The minimum Gasteiger partial charge on any atom is -0.505 e. The Bertz CT molecular complexity index is 443. The predicted molar refractivity (Wildman–Crippen MR) is 58.3 cm³/mol. The summed E-state index contributed by atoms with van der Waals surface area (Å²) in [5, 5.41) is 9.26. The number of nitrogens with zero attached hydrogens (tertiary/aromatic N) is 1. The van der Waals surface area contributed by atoms with Crippen LogP contribution in [0.1, 0.15) is 12.0 Å². The van der Waals surface area contributed by atoms with Crippen molar-refractivity contribution in [3.05, 3.63) is 35.7 Å². The van der Waals surface area contributed by atoms with Crippen LogP contribution in [0.15, 0.2) is 24.3 Å². The van der Waals surface area contributed by atoms with E-state index < -0.39 is 5.82 Å². The van der Waals surface area contributed by atoms with Crippen molar-refractivity contribution in [2.45, 2.75) is 6.42 Å². The first-order valence-electron chi connectivity index (χ1n) is 5.08. The quantitative estimate of drug-likeness (QED) is 0.773. The second kappa shape index (κ2) is 4.35. The summed E-state index contributed by atoms with van der Waals surface area (Å²) in [6.45, 7) is 1.23. The van der Waals surface area contributed by atoms with E-state index in [2.05, 4.69) is 0 Å². The van der Waals surface area contributed by atoms with Crippen molar-refractivity contribution in [2.24, 2.45) is 0 Å². The largest absolute Gasteiger partial charge is 0.505 e. The number of phenolic OH excluding ortho intramolecular Hbond substituents is 1. The molecule has 1 N–H and O–H groups in total. The van der Waals surface area contributed by atoms with Gasteiger partial charge in [0, 0.05) is 13.1 Å². The fourth-order valence-electron chi connectivity index (χ4n) is 1.76. The number of phenols is 1. The number of halogens is 1. The summed E-state index contributed by atoms with van der Waals surface area (Å²) in [5.41, 5.74) is 1.85. The number of aromatic hydroxyl groups is 1. The van der Waals surface area contributed by atoms with Gasteiger partial charge in [-0.25, -0.2) is 4.39 Å². The molecule has 1 aliphatic heterocycles. The number of benzene rings is 1. The number of hydrogen-bond donors (Lipinski definition) is 1. The molecule has 0 atom stereocenters. The van der Waals surface area contributed by atoms with Gasteiger partial charge in [-0.3, -0.25) is 4.79 Å². The van der Waals surface area contributed by atoms with Crippen LogP contribution in [0.3, 0.4) is 0 Å². The highest BCUT2D eigenvalue weighted by Gasteiger charge is 2.12. The summed E-state index contributed by atoms with van der Waals surface area (Å²) in [7, 11) is 0. The Labute approximate surface area is 92.8 Å².